The Balaban J connectivity index is 1.50. The van der Waals surface area contributed by atoms with Gasteiger partial charge in [-0.05, 0) is 63.7 Å². The highest BCUT2D eigenvalue weighted by Gasteiger charge is 2.21. The summed E-state index contributed by atoms with van der Waals surface area (Å²) >= 11 is 0. The van der Waals surface area contributed by atoms with Gasteiger partial charge >= 0.3 is 0 Å². The molecule has 4 rings (SSSR count). The minimum atomic E-state index is 0.817. The third kappa shape index (κ3) is 3.26. The zero-order valence-electron chi connectivity index (χ0n) is 14.3. The molecule has 0 amide bonds. The van der Waals surface area contributed by atoms with Crippen molar-refractivity contribution in [2.75, 3.05) is 32.0 Å². The molecular weight excluding hydrogens is 298 g/mol. The Bertz CT molecular complexity index is 700. The molecule has 0 bridgehead atoms. The van der Waals surface area contributed by atoms with Crippen LogP contribution in [0.25, 0.3) is 11.4 Å². The van der Waals surface area contributed by atoms with Gasteiger partial charge in [-0.15, -0.1) is 0 Å². The first-order chi connectivity index (χ1) is 11.8. The highest BCUT2D eigenvalue weighted by molar-refractivity contribution is 5.60. The third-order valence-corrected chi connectivity index (χ3v) is 5.21. The number of fused-ring (bicyclic) bond motifs is 1. The quantitative estimate of drug-likeness (QED) is 0.917. The highest BCUT2D eigenvalue weighted by atomic mass is 15.1. The lowest BCUT2D eigenvalue weighted by molar-refractivity contribution is 0.390. The number of pyridine rings is 1. The lowest BCUT2D eigenvalue weighted by Crippen LogP contribution is -2.16. The average Bonchev–Trinajstić information content (AvgIpc) is 3.24. The molecule has 126 valence electrons. The lowest BCUT2D eigenvalue weighted by Gasteiger charge is -2.14. The van der Waals surface area contributed by atoms with E-state index in [0.29, 0.717) is 0 Å². The Morgan fingerprint density at radius 2 is 2.08 bits per heavy atom. The molecule has 1 unspecified atom stereocenters. The minimum Gasteiger partial charge on any atom is -0.370 e. The Morgan fingerprint density at radius 3 is 2.88 bits per heavy atom. The van der Waals surface area contributed by atoms with E-state index >= 15 is 0 Å². The van der Waals surface area contributed by atoms with Crippen LogP contribution in [0.4, 0.5) is 5.82 Å². The van der Waals surface area contributed by atoms with Crippen LogP contribution < -0.4 is 5.32 Å². The van der Waals surface area contributed by atoms with Gasteiger partial charge in [0.25, 0.3) is 0 Å². The monoisotopic (exact) mass is 323 g/mol. The van der Waals surface area contributed by atoms with Gasteiger partial charge in [-0.25, -0.2) is 9.97 Å². The third-order valence-electron chi connectivity index (χ3n) is 5.21. The summed E-state index contributed by atoms with van der Waals surface area (Å²) in [6.07, 6.45) is 9.49. The van der Waals surface area contributed by atoms with Gasteiger partial charge in [0.05, 0.1) is 0 Å². The summed E-state index contributed by atoms with van der Waals surface area (Å²) in [6, 6.07) is 3.96. The van der Waals surface area contributed by atoms with E-state index in [0.717, 1.165) is 42.5 Å². The molecule has 2 aliphatic rings. The van der Waals surface area contributed by atoms with Crippen LogP contribution in [0.3, 0.4) is 0 Å². The second-order valence-electron chi connectivity index (χ2n) is 7.04. The summed E-state index contributed by atoms with van der Waals surface area (Å²) in [5.74, 6) is 2.69. The fraction of sp³-hybridized carbons (Fsp3) is 0.526. The lowest BCUT2D eigenvalue weighted by atomic mass is 10.1. The molecule has 1 aliphatic heterocycles. The van der Waals surface area contributed by atoms with Crippen molar-refractivity contribution in [1.82, 2.24) is 19.9 Å². The van der Waals surface area contributed by atoms with E-state index in [9.17, 15) is 0 Å². The van der Waals surface area contributed by atoms with Gasteiger partial charge < -0.3 is 10.2 Å². The molecule has 0 spiro atoms. The Hall–Kier alpha value is -2.01. The van der Waals surface area contributed by atoms with Gasteiger partial charge in [-0.1, -0.05) is 0 Å². The molecule has 24 heavy (non-hydrogen) atoms. The van der Waals surface area contributed by atoms with Crippen molar-refractivity contribution >= 4 is 5.82 Å². The minimum absolute atomic E-state index is 0.817. The van der Waals surface area contributed by atoms with Crippen LogP contribution in [0.2, 0.25) is 0 Å². The first-order valence-electron chi connectivity index (χ1n) is 9.02. The number of anilines is 1. The smallest absolute Gasteiger partial charge is 0.161 e. The molecule has 1 fully saturated rings. The number of hydrogen-bond donors (Lipinski definition) is 1. The standard InChI is InChI=1S/C19H25N5/c1-24-12-8-14(13-24)5-11-21-19-16-3-2-4-17(16)22-18(23-19)15-6-9-20-10-7-15/h6-7,9-10,14H,2-5,8,11-13H2,1H3,(H,21,22,23). The van der Waals surface area contributed by atoms with E-state index in [-0.39, 0.29) is 0 Å². The number of aryl methyl sites for hydroxylation is 1. The Morgan fingerprint density at radius 1 is 1.21 bits per heavy atom. The van der Waals surface area contributed by atoms with Crippen molar-refractivity contribution in [3.63, 3.8) is 0 Å². The number of aromatic nitrogens is 3. The van der Waals surface area contributed by atoms with E-state index in [1.807, 2.05) is 12.1 Å². The fourth-order valence-electron chi connectivity index (χ4n) is 3.87. The molecule has 2 aromatic rings. The number of rotatable bonds is 5. The second kappa shape index (κ2) is 6.85. The van der Waals surface area contributed by atoms with Gasteiger partial charge in [0.2, 0.25) is 0 Å². The maximum atomic E-state index is 4.83. The molecule has 0 saturated carbocycles. The zero-order valence-corrected chi connectivity index (χ0v) is 14.3. The molecule has 3 heterocycles. The molecule has 0 aromatic carbocycles. The van der Waals surface area contributed by atoms with Crippen LogP contribution in [-0.4, -0.2) is 46.5 Å². The van der Waals surface area contributed by atoms with Crippen LogP contribution >= 0.6 is 0 Å². The summed E-state index contributed by atoms with van der Waals surface area (Å²) < 4.78 is 0. The molecule has 1 aliphatic carbocycles. The molecule has 1 saturated heterocycles. The first-order valence-corrected chi connectivity index (χ1v) is 9.02. The number of nitrogens with one attached hydrogen (secondary N) is 1. The number of likely N-dealkylation sites (tertiary alicyclic amines) is 1. The first kappa shape index (κ1) is 15.5. The second-order valence-corrected chi connectivity index (χ2v) is 7.04. The summed E-state index contributed by atoms with van der Waals surface area (Å²) in [7, 11) is 2.21. The SMILES string of the molecule is CN1CCC(CCNc2nc(-c3ccncc3)nc3c2CCC3)C1. The van der Waals surface area contributed by atoms with Gasteiger partial charge in [-0.3, -0.25) is 4.98 Å². The average molecular weight is 323 g/mol. The summed E-state index contributed by atoms with van der Waals surface area (Å²) in [5.41, 5.74) is 3.59. The summed E-state index contributed by atoms with van der Waals surface area (Å²) in [4.78, 5) is 16.1. The maximum Gasteiger partial charge on any atom is 0.161 e. The van der Waals surface area contributed by atoms with E-state index in [2.05, 4.69) is 22.2 Å². The molecule has 0 radical (unpaired) electrons. The van der Waals surface area contributed by atoms with E-state index in [1.54, 1.807) is 12.4 Å². The van der Waals surface area contributed by atoms with Crippen LogP contribution in [0.15, 0.2) is 24.5 Å². The predicted molar refractivity (Wildman–Crippen MR) is 96.0 cm³/mol. The Labute approximate surface area is 143 Å². The predicted octanol–water partition coefficient (Wildman–Crippen LogP) is 2.78. The van der Waals surface area contributed by atoms with Crippen LogP contribution in [0.5, 0.6) is 0 Å². The maximum absolute atomic E-state index is 4.83. The largest absolute Gasteiger partial charge is 0.370 e. The Kier molecular flexibility index (Phi) is 4.43. The van der Waals surface area contributed by atoms with Gasteiger partial charge in [0.15, 0.2) is 5.82 Å². The topological polar surface area (TPSA) is 53.9 Å². The molecule has 5 heteroatoms. The van der Waals surface area contributed by atoms with Crippen LogP contribution in [0, 0.1) is 5.92 Å². The highest BCUT2D eigenvalue weighted by Crippen LogP contribution is 2.29. The number of hydrogen-bond acceptors (Lipinski definition) is 5. The van der Waals surface area contributed by atoms with Crippen molar-refractivity contribution in [1.29, 1.82) is 0 Å². The van der Waals surface area contributed by atoms with Crippen molar-refractivity contribution in [2.45, 2.75) is 32.1 Å². The normalized spacial score (nSPS) is 20.3. The van der Waals surface area contributed by atoms with Crippen molar-refractivity contribution in [2.24, 2.45) is 5.92 Å². The molecular formula is C19H25N5. The van der Waals surface area contributed by atoms with Gasteiger partial charge in [0.1, 0.15) is 5.82 Å². The van der Waals surface area contributed by atoms with E-state index in [4.69, 9.17) is 9.97 Å². The molecule has 2 aromatic heterocycles. The van der Waals surface area contributed by atoms with Crippen molar-refractivity contribution < 1.29 is 0 Å². The van der Waals surface area contributed by atoms with E-state index < -0.39 is 0 Å². The van der Waals surface area contributed by atoms with Crippen molar-refractivity contribution in [3.8, 4) is 11.4 Å². The van der Waals surface area contributed by atoms with Crippen LogP contribution in [0.1, 0.15) is 30.5 Å². The molecule has 1 N–H and O–H groups in total. The summed E-state index contributed by atoms with van der Waals surface area (Å²) in [5, 5.41) is 3.61. The van der Waals surface area contributed by atoms with Crippen molar-refractivity contribution in [3.05, 3.63) is 35.8 Å². The fourth-order valence-corrected chi connectivity index (χ4v) is 3.87. The van der Waals surface area contributed by atoms with E-state index in [1.165, 1.54) is 43.6 Å². The molecule has 1 atom stereocenters. The van der Waals surface area contributed by atoms with Gasteiger partial charge in [0, 0.05) is 42.3 Å². The van der Waals surface area contributed by atoms with Crippen LogP contribution in [-0.2, 0) is 12.8 Å². The molecule has 5 nitrogen and oxygen atoms in total. The van der Waals surface area contributed by atoms with Gasteiger partial charge in [-0.2, -0.15) is 0 Å². The summed E-state index contributed by atoms with van der Waals surface area (Å²) in [6.45, 7) is 3.46. The number of nitrogens with zero attached hydrogens (tertiary/aromatic N) is 4. The zero-order chi connectivity index (χ0) is 16.4.